The third kappa shape index (κ3) is 7.07. The molecule has 0 aliphatic rings. The van der Waals surface area contributed by atoms with E-state index < -0.39 is 6.10 Å². The van der Waals surface area contributed by atoms with E-state index in [2.05, 4.69) is 0 Å². The molecule has 0 aliphatic heterocycles. The molecule has 0 spiro atoms. The summed E-state index contributed by atoms with van der Waals surface area (Å²) in [6.45, 7) is 1.85. The average Bonchev–Trinajstić information content (AvgIpc) is 2.38. The Morgan fingerprint density at radius 2 is 1.71 bits per heavy atom. The Morgan fingerprint density at radius 1 is 1.00 bits per heavy atom. The number of hydrogen-bond donors (Lipinski definition) is 2. The molecule has 17 heavy (non-hydrogen) atoms. The first-order valence-corrected chi connectivity index (χ1v) is 5.81. The Labute approximate surface area is 102 Å². The molecule has 1 rings (SSSR count). The minimum absolute atomic E-state index is 0.214. The molecule has 4 heteroatoms. The summed E-state index contributed by atoms with van der Waals surface area (Å²) in [6.07, 6.45) is -0.227. The minimum Gasteiger partial charge on any atom is -0.394 e. The zero-order valence-corrected chi connectivity index (χ0v) is 9.92. The van der Waals surface area contributed by atoms with E-state index in [0.717, 1.165) is 5.56 Å². The minimum atomic E-state index is -0.680. The maximum absolute atomic E-state index is 9.05. The third-order valence-electron chi connectivity index (χ3n) is 2.29. The number of hydrogen-bond acceptors (Lipinski definition) is 4. The Balaban J connectivity index is 1.91. The fourth-order valence-electron chi connectivity index (χ4n) is 1.29. The predicted molar refractivity (Wildman–Crippen MR) is 64.6 cm³/mol. The first kappa shape index (κ1) is 14.1. The van der Waals surface area contributed by atoms with Crippen LogP contribution in [-0.4, -0.2) is 42.7 Å². The summed E-state index contributed by atoms with van der Waals surface area (Å²) in [5.74, 6) is 0. The second-order valence-corrected chi connectivity index (χ2v) is 3.78. The highest BCUT2D eigenvalue weighted by molar-refractivity contribution is 5.13. The van der Waals surface area contributed by atoms with Crippen molar-refractivity contribution in [2.75, 3.05) is 26.4 Å². The van der Waals surface area contributed by atoms with E-state index in [-0.39, 0.29) is 6.61 Å². The van der Waals surface area contributed by atoms with Crippen LogP contribution in [0.1, 0.15) is 12.0 Å². The highest BCUT2D eigenvalue weighted by atomic mass is 16.5. The Morgan fingerprint density at radius 3 is 2.41 bits per heavy atom. The predicted octanol–water partition coefficient (Wildman–Crippen LogP) is 0.963. The van der Waals surface area contributed by atoms with Gasteiger partial charge in [-0.3, -0.25) is 0 Å². The van der Waals surface area contributed by atoms with Gasteiger partial charge in [-0.05, 0) is 12.0 Å². The number of rotatable bonds is 9. The lowest BCUT2D eigenvalue weighted by molar-refractivity contribution is 0.0169. The normalized spacial score (nSPS) is 12.6. The lowest BCUT2D eigenvalue weighted by atomic mass is 10.2. The molecule has 0 amide bonds. The molecular formula is C13H20O4. The molecule has 1 unspecified atom stereocenters. The molecule has 0 radical (unpaired) electrons. The summed E-state index contributed by atoms with van der Waals surface area (Å²) in [4.78, 5) is 0. The van der Waals surface area contributed by atoms with Gasteiger partial charge in [0.15, 0.2) is 0 Å². The highest BCUT2D eigenvalue weighted by Crippen LogP contribution is 2.00. The summed E-state index contributed by atoms with van der Waals surface area (Å²) in [7, 11) is 0. The molecule has 0 aliphatic carbocycles. The van der Waals surface area contributed by atoms with E-state index in [0.29, 0.717) is 32.8 Å². The molecule has 0 aromatic heterocycles. The van der Waals surface area contributed by atoms with Crippen molar-refractivity contribution in [3.63, 3.8) is 0 Å². The van der Waals surface area contributed by atoms with Crippen LogP contribution in [0.5, 0.6) is 0 Å². The van der Waals surface area contributed by atoms with Crippen LogP contribution in [0.15, 0.2) is 30.3 Å². The Bertz CT molecular complexity index is 276. The van der Waals surface area contributed by atoms with Gasteiger partial charge in [0.1, 0.15) is 0 Å². The number of aliphatic hydroxyl groups is 2. The first-order valence-electron chi connectivity index (χ1n) is 5.81. The van der Waals surface area contributed by atoms with Crippen LogP contribution >= 0.6 is 0 Å². The number of benzene rings is 1. The second-order valence-electron chi connectivity index (χ2n) is 3.78. The van der Waals surface area contributed by atoms with Gasteiger partial charge in [0.2, 0.25) is 0 Å². The largest absolute Gasteiger partial charge is 0.394 e. The van der Waals surface area contributed by atoms with E-state index in [1.807, 2.05) is 30.3 Å². The smallest absolute Gasteiger partial charge is 0.0792 e. The van der Waals surface area contributed by atoms with E-state index >= 15 is 0 Å². The molecular weight excluding hydrogens is 220 g/mol. The van der Waals surface area contributed by atoms with Gasteiger partial charge in [0, 0.05) is 6.61 Å². The zero-order valence-electron chi connectivity index (χ0n) is 9.92. The van der Waals surface area contributed by atoms with Crippen LogP contribution in [0.4, 0.5) is 0 Å². The van der Waals surface area contributed by atoms with Gasteiger partial charge in [0.05, 0.1) is 32.5 Å². The molecule has 1 atom stereocenters. The van der Waals surface area contributed by atoms with Gasteiger partial charge in [-0.2, -0.15) is 0 Å². The highest BCUT2D eigenvalue weighted by Gasteiger charge is 2.00. The first-order chi connectivity index (χ1) is 8.33. The SMILES string of the molecule is OCC(O)CCOCCOCc1ccccc1. The maximum Gasteiger partial charge on any atom is 0.0792 e. The lowest BCUT2D eigenvalue weighted by Gasteiger charge is -2.08. The van der Waals surface area contributed by atoms with Gasteiger partial charge in [-0.25, -0.2) is 0 Å². The van der Waals surface area contributed by atoms with Crippen LogP contribution in [0.2, 0.25) is 0 Å². The number of ether oxygens (including phenoxy) is 2. The van der Waals surface area contributed by atoms with Crippen LogP contribution in [0.3, 0.4) is 0 Å². The number of aliphatic hydroxyl groups excluding tert-OH is 2. The quantitative estimate of drug-likeness (QED) is 0.631. The van der Waals surface area contributed by atoms with Crippen molar-refractivity contribution in [1.29, 1.82) is 0 Å². The van der Waals surface area contributed by atoms with Crippen LogP contribution in [0, 0.1) is 0 Å². The lowest BCUT2D eigenvalue weighted by Crippen LogP contribution is -2.15. The summed E-state index contributed by atoms with van der Waals surface area (Å²) in [5.41, 5.74) is 1.14. The summed E-state index contributed by atoms with van der Waals surface area (Å²) < 4.78 is 10.7. The average molecular weight is 240 g/mol. The van der Waals surface area contributed by atoms with Crippen LogP contribution < -0.4 is 0 Å². The monoisotopic (exact) mass is 240 g/mol. The van der Waals surface area contributed by atoms with Gasteiger partial charge in [0.25, 0.3) is 0 Å². The van der Waals surface area contributed by atoms with Crippen molar-refractivity contribution in [2.45, 2.75) is 19.1 Å². The molecule has 4 nitrogen and oxygen atoms in total. The summed E-state index contributed by atoms with van der Waals surface area (Å²) in [6, 6.07) is 9.95. The molecule has 0 bridgehead atoms. The Kier molecular flexibility index (Phi) is 7.58. The van der Waals surface area contributed by atoms with Crippen LogP contribution in [0.25, 0.3) is 0 Å². The molecule has 0 fully saturated rings. The maximum atomic E-state index is 9.05. The molecule has 0 saturated carbocycles. The standard InChI is InChI=1S/C13H20O4/c14-10-13(15)6-7-16-8-9-17-11-12-4-2-1-3-5-12/h1-5,13-15H,6-11H2. The Hall–Kier alpha value is -0.940. The molecule has 1 aromatic rings. The molecule has 2 N–H and O–H groups in total. The van der Waals surface area contributed by atoms with Gasteiger partial charge >= 0.3 is 0 Å². The fourth-order valence-corrected chi connectivity index (χ4v) is 1.29. The van der Waals surface area contributed by atoms with E-state index in [9.17, 15) is 0 Å². The summed E-state index contributed by atoms with van der Waals surface area (Å²) in [5, 5.41) is 17.6. The van der Waals surface area contributed by atoms with E-state index in [1.54, 1.807) is 0 Å². The van der Waals surface area contributed by atoms with E-state index in [1.165, 1.54) is 0 Å². The summed E-state index contributed by atoms with van der Waals surface area (Å²) >= 11 is 0. The van der Waals surface area contributed by atoms with Crippen molar-refractivity contribution in [3.05, 3.63) is 35.9 Å². The van der Waals surface area contributed by atoms with E-state index in [4.69, 9.17) is 19.7 Å². The molecule has 96 valence electrons. The third-order valence-corrected chi connectivity index (χ3v) is 2.29. The zero-order chi connectivity index (χ0) is 12.3. The van der Waals surface area contributed by atoms with Crippen molar-refractivity contribution in [1.82, 2.24) is 0 Å². The van der Waals surface area contributed by atoms with Gasteiger partial charge in [-0.15, -0.1) is 0 Å². The van der Waals surface area contributed by atoms with Crippen LogP contribution in [-0.2, 0) is 16.1 Å². The molecule has 0 saturated heterocycles. The van der Waals surface area contributed by atoms with Crippen molar-refractivity contribution < 1.29 is 19.7 Å². The van der Waals surface area contributed by atoms with Gasteiger partial charge in [-0.1, -0.05) is 30.3 Å². The van der Waals surface area contributed by atoms with Crippen molar-refractivity contribution in [3.8, 4) is 0 Å². The fraction of sp³-hybridized carbons (Fsp3) is 0.538. The second kappa shape index (κ2) is 9.13. The molecule has 1 aromatic carbocycles. The van der Waals surface area contributed by atoms with Crippen molar-refractivity contribution in [2.24, 2.45) is 0 Å². The van der Waals surface area contributed by atoms with Gasteiger partial charge < -0.3 is 19.7 Å². The van der Waals surface area contributed by atoms with Crippen molar-refractivity contribution >= 4 is 0 Å². The topological polar surface area (TPSA) is 58.9 Å². The molecule has 0 heterocycles.